The topological polar surface area (TPSA) is 0 Å². The van der Waals surface area contributed by atoms with Gasteiger partial charge in [-0.3, -0.25) is 6.08 Å². The molecule has 0 fully saturated rings. The van der Waals surface area contributed by atoms with Gasteiger partial charge in [0, 0.05) is 0 Å². The van der Waals surface area contributed by atoms with Gasteiger partial charge < -0.3 is 37.2 Å². The van der Waals surface area contributed by atoms with E-state index in [1.165, 1.54) is 33.4 Å². The molecule has 3 aromatic rings. The van der Waals surface area contributed by atoms with E-state index in [1.54, 1.807) is 31.1 Å². The summed E-state index contributed by atoms with van der Waals surface area (Å²) in [4.78, 5) is 0. The summed E-state index contributed by atoms with van der Waals surface area (Å²) >= 11 is 0. The van der Waals surface area contributed by atoms with Crippen LogP contribution in [0.4, 0.5) is 0 Å². The fourth-order valence-corrected chi connectivity index (χ4v) is 23.4. The Morgan fingerprint density at radius 3 is 0.957 bits per heavy atom. The third kappa shape index (κ3) is 8.23. The SMILES string of the molecule is CC1=[C-]C(C)([Si](c2ccc(C)cc2[Si](C)(C)C)(c2ccc(C)cc2[Si](C)(C)C)c2ccc(C)cc2[Si](C)(C)C)C(C)=C1C.[Cl-].[Cl-].[Cl-].[Ti+4]. The normalized spacial score (nSPS) is 16.8. The molecule has 1 unspecified atom stereocenters. The fourth-order valence-electron chi connectivity index (χ4n) is 7.65. The van der Waals surface area contributed by atoms with Gasteiger partial charge in [-0.2, -0.15) is 11.1 Å². The number of rotatable bonds is 7. The van der Waals surface area contributed by atoms with Gasteiger partial charge in [0.25, 0.3) is 0 Å². The molecule has 1 aliphatic rings. The van der Waals surface area contributed by atoms with Crippen molar-refractivity contribution in [2.75, 3.05) is 0 Å². The van der Waals surface area contributed by atoms with E-state index < -0.39 is 32.3 Å². The number of hydrogen-bond donors (Lipinski definition) is 0. The number of halogens is 3. The molecule has 254 valence electrons. The summed E-state index contributed by atoms with van der Waals surface area (Å²) in [6.07, 6.45) is 4.30. The maximum Gasteiger partial charge on any atom is 4.00 e. The van der Waals surface area contributed by atoms with E-state index in [-0.39, 0.29) is 64.0 Å². The van der Waals surface area contributed by atoms with E-state index in [2.05, 4.69) is 168 Å². The zero-order valence-electron chi connectivity index (χ0n) is 31.8. The van der Waals surface area contributed by atoms with Crippen LogP contribution in [0.2, 0.25) is 64.0 Å². The first-order valence-corrected chi connectivity index (χ1v) is 28.7. The minimum absolute atomic E-state index is 0. The van der Waals surface area contributed by atoms with Crippen molar-refractivity contribution in [2.24, 2.45) is 0 Å². The van der Waals surface area contributed by atoms with Crippen LogP contribution in [-0.2, 0) is 21.7 Å². The molecular formula is C39H57Cl3Si4Ti. The number of hydrogen-bond acceptors (Lipinski definition) is 0. The predicted octanol–water partition coefficient (Wildman–Crippen LogP) is -1.41. The molecule has 0 aliphatic heterocycles. The maximum atomic E-state index is 4.30. The predicted molar refractivity (Wildman–Crippen MR) is 206 cm³/mol. The molecule has 47 heavy (non-hydrogen) atoms. The van der Waals surface area contributed by atoms with Crippen molar-refractivity contribution in [1.29, 1.82) is 0 Å². The zero-order valence-corrected chi connectivity index (χ0v) is 39.7. The average molecular weight is 792 g/mol. The van der Waals surface area contributed by atoms with Gasteiger partial charge in [0.1, 0.15) is 8.07 Å². The first kappa shape index (κ1) is 46.6. The van der Waals surface area contributed by atoms with Crippen LogP contribution >= 0.6 is 0 Å². The Morgan fingerprint density at radius 2 is 0.745 bits per heavy atom. The van der Waals surface area contributed by atoms with Crippen LogP contribution < -0.4 is 68.3 Å². The molecule has 3 aromatic carbocycles. The summed E-state index contributed by atoms with van der Waals surface area (Å²) in [6, 6.07) is 22.8. The van der Waals surface area contributed by atoms with Crippen LogP contribution in [-0.4, -0.2) is 32.3 Å². The van der Waals surface area contributed by atoms with Crippen molar-refractivity contribution in [3.8, 4) is 0 Å². The summed E-state index contributed by atoms with van der Waals surface area (Å²) in [5.74, 6) is 0. The molecule has 1 atom stereocenters. The first-order chi connectivity index (χ1) is 19.6. The second-order valence-corrected chi connectivity index (χ2v) is 36.0. The molecule has 1 aliphatic carbocycles. The summed E-state index contributed by atoms with van der Waals surface area (Å²) in [5.41, 5.74) is 8.42. The van der Waals surface area contributed by atoms with Crippen molar-refractivity contribution < 1.29 is 58.9 Å². The smallest absolute Gasteiger partial charge is 1.00 e. The van der Waals surface area contributed by atoms with Gasteiger partial charge in [-0.15, -0.1) is 6.92 Å². The quantitative estimate of drug-likeness (QED) is 0.157. The average Bonchev–Trinajstić information content (AvgIpc) is 3.07. The Bertz CT molecular complexity index is 1500. The molecule has 0 saturated carbocycles. The largest absolute Gasteiger partial charge is 4.00 e. The molecule has 4 rings (SSSR count). The molecule has 0 saturated heterocycles. The van der Waals surface area contributed by atoms with E-state index in [0.29, 0.717) is 0 Å². The van der Waals surface area contributed by atoms with Crippen molar-refractivity contribution in [2.45, 2.75) is 112 Å². The molecule has 8 heteroatoms. The monoisotopic (exact) mass is 790 g/mol. The Morgan fingerprint density at radius 1 is 0.468 bits per heavy atom. The van der Waals surface area contributed by atoms with Gasteiger partial charge in [0.2, 0.25) is 0 Å². The van der Waals surface area contributed by atoms with Crippen LogP contribution in [0.3, 0.4) is 0 Å². The summed E-state index contributed by atoms with van der Waals surface area (Å²) < 4.78 is 0. The number of aryl methyl sites for hydroxylation is 3. The van der Waals surface area contributed by atoms with Crippen molar-refractivity contribution >= 4 is 63.4 Å². The third-order valence-electron chi connectivity index (χ3n) is 10.2. The first-order valence-electron chi connectivity index (χ1n) is 16.2. The van der Waals surface area contributed by atoms with Crippen molar-refractivity contribution in [3.63, 3.8) is 0 Å². The Hall–Kier alpha value is -0.408. The van der Waals surface area contributed by atoms with Crippen molar-refractivity contribution in [1.82, 2.24) is 0 Å². The van der Waals surface area contributed by atoms with E-state index >= 15 is 0 Å². The summed E-state index contributed by atoms with van der Waals surface area (Å²) in [7, 11) is -8.18. The molecule has 0 nitrogen and oxygen atoms in total. The van der Waals surface area contributed by atoms with Crippen LogP contribution in [0.1, 0.15) is 44.4 Å². The van der Waals surface area contributed by atoms with Gasteiger partial charge in [-0.05, 0) is 20.8 Å². The molecule has 0 amide bonds. The zero-order chi connectivity index (χ0) is 32.5. The van der Waals surface area contributed by atoms with Gasteiger partial charge in [-0.25, -0.2) is 5.57 Å². The van der Waals surface area contributed by atoms with Crippen LogP contribution in [0.25, 0.3) is 0 Å². The molecule has 0 spiro atoms. The van der Waals surface area contributed by atoms with Crippen molar-refractivity contribution in [3.05, 3.63) is 94.1 Å². The Balaban J connectivity index is 0.00000529. The van der Waals surface area contributed by atoms with E-state index in [4.69, 9.17) is 0 Å². The summed E-state index contributed by atoms with van der Waals surface area (Å²) in [6.45, 7) is 39.6. The van der Waals surface area contributed by atoms with Gasteiger partial charge in [-0.1, -0.05) is 187 Å². The molecular weight excluding hydrogens is 735 g/mol. The number of allylic oxidation sites excluding steroid dienone is 4. The van der Waals surface area contributed by atoms with Crippen LogP contribution in [0.15, 0.2) is 71.3 Å². The van der Waals surface area contributed by atoms with Gasteiger partial charge in [0.15, 0.2) is 0 Å². The minimum Gasteiger partial charge on any atom is -1.00 e. The molecule has 0 heterocycles. The van der Waals surface area contributed by atoms with Gasteiger partial charge in [0.05, 0.1) is 24.2 Å². The molecule has 0 N–H and O–H groups in total. The van der Waals surface area contributed by atoms with E-state index in [9.17, 15) is 0 Å². The molecule has 0 bridgehead atoms. The maximum absolute atomic E-state index is 4.30. The Kier molecular flexibility index (Phi) is 15.7. The second kappa shape index (κ2) is 15.9. The van der Waals surface area contributed by atoms with Crippen LogP contribution in [0.5, 0.6) is 0 Å². The number of benzene rings is 3. The Labute approximate surface area is 326 Å². The molecule has 0 aromatic heterocycles. The van der Waals surface area contributed by atoms with E-state index in [1.807, 2.05) is 0 Å². The fraction of sp³-hybridized carbons (Fsp3) is 0.436. The molecule has 0 radical (unpaired) electrons. The van der Waals surface area contributed by atoms with Gasteiger partial charge >= 0.3 is 21.7 Å². The second-order valence-electron chi connectivity index (χ2n) is 16.8. The standard InChI is InChI=1S/C39H57Si4.3ClH.Ti/c1-27-17-20-33(36(23-27)40(8,9)10)43(39(7)26-30(4)31(5)32(39)6,34-21-18-28(2)24-37(34)41(11,12)13)35-22-19-29(3)25-38(35)42(14,15)16;;;;/h17-25H,1-16H3;3*1H;/q-1;;;;+4/p-3. The van der Waals surface area contributed by atoms with Crippen LogP contribution in [0, 0.1) is 26.8 Å². The van der Waals surface area contributed by atoms with E-state index in [0.717, 1.165) is 0 Å². The summed E-state index contributed by atoms with van der Waals surface area (Å²) in [5, 5.41) is 9.62. The third-order valence-corrected chi connectivity index (χ3v) is 22.8. The minimum atomic E-state index is -2.88.